The van der Waals surface area contributed by atoms with E-state index in [1.807, 2.05) is 42.5 Å². The van der Waals surface area contributed by atoms with Crippen molar-refractivity contribution in [3.8, 4) is 11.5 Å². The van der Waals surface area contributed by atoms with Crippen molar-refractivity contribution in [2.75, 3.05) is 14.2 Å². The van der Waals surface area contributed by atoms with Crippen LogP contribution in [0.4, 0.5) is 0 Å². The second-order valence-corrected chi connectivity index (χ2v) is 7.73. The summed E-state index contributed by atoms with van der Waals surface area (Å²) in [4.78, 5) is 14.1. The lowest BCUT2D eigenvalue weighted by atomic mass is 10.1. The molecule has 6 heteroatoms. The number of ether oxygens (including phenoxy) is 2. The Labute approximate surface area is 192 Å². The molecule has 3 aromatic carbocycles. The highest BCUT2D eigenvalue weighted by Gasteiger charge is 2.10. The molecule has 0 bridgehead atoms. The molecule has 3 aromatic rings. The zero-order chi connectivity index (χ0) is 22.2. The summed E-state index contributed by atoms with van der Waals surface area (Å²) in [6.07, 6.45) is 3.29. The molecule has 0 saturated carbocycles. The fraction of sp³-hybridized carbons (Fsp3) is 0.160. The Balaban J connectivity index is 1.65. The number of amides is 1. The summed E-state index contributed by atoms with van der Waals surface area (Å²) in [5.74, 6) is 1.02. The van der Waals surface area contributed by atoms with E-state index in [0.29, 0.717) is 33.7 Å². The number of hydrogen-bond acceptors (Lipinski definition) is 3. The van der Waals surface area contributed by atoms with Crippen molar-refractivity contribution in [2.24, 2.45) is 0 Å². The molecule has 4 nitrogen and oxygen atoms in total. The maximum absolute atomic E-state index is 12.4. The van der Waals surface area contributed by atoms with Crippen molar-refractivity contribution in [1.82, 2.24) is 4.90 Å². The molecule has 160 valence electrons. The monoisotopic (exact) mass is 455 g/mol. The molecule has 3 rings (SSSR count). The maximum Gasteiger partial charge on any atom is 0.246 e. The van der Waals surface area contributed by atoms with Crippen LogP contribution in [0.3, 0.4) is 0 Å². The highest BCUT2D eigenvalue weighted by atomic mass is 35.5. The molecule has 0 aliphatic carbocycles. The van der Waals surface area contributed by atoms with E-state index in [4.69, 9.17) is 32.7 Å². The molecule has 0 heterocycles. The van der Waals surface area contributed by atoms with E-state index in [-0.39, 0.29) is 12.5 Å². The number of rotatable bonds is 8. The van der Waals surface area contributed by atoms with Crippen molar-refractivity contribution in [3.05, 3.63) is 99.5 Å². The van der Waals surface area contributed by atoms with Gasteiger partial charge >= 0.3 is 0 Å². The minimum atomic E-state index is -0.0866. The van der Waals surface area contributed by atoms with E-state index in [2.05, 4.69) is 0 Å². The minimum absolute atomic E-state index is 0.0866. The van der Waals surface area contributed by atoms with Crippen LogP contribution in [-0.2, 0) is 17.9 Å². The quantitative estimate of drug-likeness (QED) is 0.376. The van der Waals surface area contributed by atoms with Gasteiger partial charge in [0, 0.05) is 35.3 Å². The second kappa shape index (κ2) is 10.9. The predicted octanol–water partition coefficient (Wildman–Crippen LogP) is 6.25. The average Bonchev–Trinajstić information content (AvgIpc) is 2.78. The average molecular weight is 456 g/mol. The smallest absolute Gasteiger partial charge is 0.246 e. The summed E-state index contributed by atoms with van der Waals surface area (Å²) in [5, 5.41) is 1.09. The molecule has 0 aliphatic rings. The molecule has 31 heavy (non-hydrogen) atoms. The molecule has 0 saturated heterocycles. The number of likely N-dealkylation sites (N-methyl/N-ethyl adjacent to an activating group) is 1. The van der Waals surface area contributed by atoms with Crippen LogP contribution in [0.2, 0.25) is 10.0 Å². The Kier molecular flexibility index (Phi) is 7.99. The van der Waals surface area contributed by atoms with E-state index in [9.17, 15) is 4.79 Å². The fourth-order valence-electron chi connectivity index (χ4n) is 2.96. The Morgan fingerprint density at radius 2 is 1.68 bits per heavy atom. The number of nitrogens with zero attached hydrogens (tertiary/aromatic N) is 1. The molecule has 0 spiro atoms. The van der Waals surface area contributed by atoms with Gasteiger partial charge in [0.15, 0.2) is 11.5 Å². The van der Waals surface area contributed by atoms with Gasteiger partial charge in [0.2, 0.25) is 5.91 Å². The number of carbonyl (C=O) groups excluding carboxylic acids is 1. The normalized spacial score (nSPS) is 10.8. The van der Waals surface area contributed by atoms with E-state index in [1.165, 1.54) is 0 Å². The standard InChI is InChI=1S/C25H23Cl2NO3/c1-28(16-19-7-4-3-5-8-19)25(29)14-12-18-11-13-23(24(15-18)30-2)31-17-20-21(26)9-6-10-22(20)27/h3-15H,16-17H2,1-2H3/b14-12+. The summed E-state index contributed by atoms with van der Waals surface area (Å²) in [6, 6.07) is 20.6. The molecule has 0 N–H and O–H groups in total. The van der Waals surface area contributed by atoms with Gasteiger partial charge in [-0.2, -0.15) is 0 Å². The number of benzene rings is 3. The first-order chi connectivity index (χ1) is 15.0. The Morgan fingerprint density at radius 3 is 2.35 bits per heavy atom. The predicted molar refractivity (Wildman–Crippen MR) is 126 cm³/mol. The van der Waals surface area contributed by atoms with Gasteiger partial charge in [0.05, 0.1) is 7.11 Å². The number of methoxy groups -OCH3 is 1. The number of halogens is 2. The largest absolute Gasteiger partial charge is 0.493 e. The first kappa shape index (κ1) is 22.7. The number of hydrogen-bond donors (Lipinski definition) is 0. The van der Waals surface area contributed by atoms with Gasteiger partial charge in [0.1, 0.15) is 6.61 Å². The molecule has 0 atom stereocenters. The summed E-state index contributed by atoms with van der Waals surface area (Å²) in [6.45, 7) is 0.761. The number of carbonyl (C=O) groups is 1. The molecule has 0 aromatic heterocycles. The van der Waals surface area contributed by atoms with Crippen LogP contribution < -0.4 is 9.47 Å². The van der Waals surface area contributed by atoms with E-state index >= 15 is 0 Å². The van der Waals surface area contributed by atoms with Gasteiger partial charge < -0.3 is 14.4 Å². The van der Waals surface area contributed by atoms with Crippen LogP contribution in [0.25, 0.3) is 6.08 Å². The highest BCUT2D eigenvalue weighted by molar-refractivity contribution is 6.35. The molecule has 0 radical (unpaired) electrons. The van der Waals surface area contributed by atoms with Gasteiger partial charge in [-0.15, -0.1) is 0 Å². The van der Waals surface area contributed by atoms with Crippen LogP contribution >= 0.6 is 23.2 Å². The summed E-state index contributed by atoms with van der Waals surface area (Å²) in [5.41, 5.74) is 2.61. The molecule has 0 aliphatic heterocycles. The van der Waals surface area contributed by atoms with Crippen molar-refractivity contribution in [2.45, 2.75) is 13.2 Å². The van der Waals surface area contributed by atoms with Crippen molar-refractivity contribution < 1.29 is 14.3 Å². The minimum Gasteiger partial charge on any atom is -0.493 e. The molecule has 0 fully saturated rings. The zero-order valence-electron chi connectivity index (χ0n) is 17.3. The van der Waals surface area contributed by atoms with Crippen LogP contribution in [-0.4, -0.2) is 25.0 Å². The van der Waals surface area contributed by atoms with E-state index < -0.39 is 0 Å². The van der Waals surface area contributed by atoms with Crippen LogP contribution in [0.1, 0.15) is 16.7 Å². The van der Waals surface area contributed by atoms with Gasteiger partial charge in [0.25, 0.3) is 0 Å². The lowest BCUT2D eigenvalue weighted by molar-refractivity contribution is -0.125. The molecular formula is C25H23Cl2NO3. The lowest BCUT2D eigenvalue weighted by Crippen LogP contribution is -2.24. The van der Waals surface area contributed by atoms with Gasteiger partial charge in [-0.1, -0.05) is 65.7 Å². The first-order valence-electron chi connectivity index (χ1n) is 9.68. The molecular weight excluding hydrogens is 433 g/mol. The molecule has 1 amide bonds. The fourth-order valence-corrected chi connectivity index (χ4v) is 3.46. The van der Waals surface area contributed by atoms with Gasteiger partial charge in [-0.05, 0) is 41.5 Å². The first-order valence-corrected chi connectivity index (χ1v) is 10.4. The van der Waals surface area contributed by atoms with Gasteiger partial charge in [-0.25, -0.2) is 0 Å². The van der Waals surface area contributed by atoms with E-state index in [1.54, 1.807) is 55.5 Å². The van der Waals surface area contributed by atoms with Crippen molar-refractivity contribution in [1.29, 1.82) is 0 Å². The van der Waals surface area contributed by atoms with Gasteiger partial charge in [-0.3, -0.25) is 4.79 Å². The third-order valence-corrected chi connectivity index (χ3v) is 5.39. The van der Waals surface area contributed by atoms with E-state index in [0.717, 1.165) is 11.1 Å². The summed E-state index contributed by atoms with van der Waals surface area (Å²) >= 11 is 12.4. The maximum atomic E-state index is 12.4. The third-order valence-electron chi connectivity index (χ3n) is 4.68. The lowest BCUT2D eigenvalue weighted by Gasteiger charge is -2.15. The summed E-state index contributed by atoms with van der Waals surface area (Å²) in [7, 11) is 3.34. The zero-order valence-corrected chi connectivity index (χ0v) is 18.9. The van der Waals surface area contributed by atoms with Crippen LogP contribution in [0.5, 0.6) is 11.5 Å². The topological polar surface area (TPSA) is 38.8 Å². The third kappa shape index (κ3) is 6.27. The van der Waals surface area contributed by atoms with Crippen LogP contribution in [0.15, 0.2) is 72.8 Å². The Hall–Kier alpha value is -2.95. The summed E-state index contributed by atoms with van der Waals surface area (Å²) < 4.78 is 11.3. The SMILES string of the molecule is COc1cc(/C=C/C(=O)N(C)Cc2ccccc2)ccc1OCc1c(Cl)cccc1Cl. The Bertz CT molecular complexity index is 1050. The van der Waals surface area contributed by atoms with Crippen molar-refractivity contribution >= 4 is 35.2 Å². The Morgan fingerprint density at radius 1 is 0.968 bits per heavy atom. The highest BCUT2D eigenvalue weighted by Crippen LogP contribution is 2.31. The van der Waals surface area contributed by atoms with Crippen molar-refractivity contribution in [3.63, 3.8) is 0 Å². The van der Waals surface area contributed by atoms with Crippen LogP contribution in [0, 0.1) is 0 Å². The second-order valence-electron chi connectivity index (χ2n) is 6.91. The molecule has 0 unspecified atom stereocenters.